The Balaban J connectivity index is 1.98. The van der Waals surface area contributed by atoms with E-state index < -0.39 is 0 Å². The van der Waals surface area contributed by atoms with Gasteiger partial charge in [-0.25, -0.2) is 0 Å². The number of rotatable bonds is 3. The highest BCUT2D eigenvalue weighted by molar-refractivity contribution is 7.80. The van der Waals surface area contributed by atoms with Crippen LogP contribution in [0.1, 0.15) is 19.3 Å². The zero-order valence-electron chi connectivity index (χ0n) is 5.81. The minimum absolute atomic E-state index is 0.927. The summed E-state index contributed by atoms with van der Waals surface area (Å²) < 4.78 is 0. The van der Waals surface area contributed by atoms with Gasteiger partial charge < -0.3 is 4.90 Å². The summed E-state index contributed by atoms with van der Waals surface area (Å²) >= 11 is 4.86. The SMILES string of the molecule is [S]CCCN1CCCC1. The highest BCUT2D eigenvalue weighted by Gasteiger charge is 2.09. The van der Waals surface area contributed by atoms with E-state index in [2.05, 4.69) is 4.90 Å². The molecule has 0 atom stereocenters. The Morgan fingerprint density at radius 2 is 1.89 bits per heavy atom. The second kappa shape index (κ2) is 4.18. The molecular weight excluding hydrogens is 130 g/mol. The third kappa shape index (κ3) is 2.59. The summed E-state index contributed by atoms with van der Waals surface area (Å²) in [6, 6.07) is 0. The van der Waals surface area contributed by atoms with Crippen LogP contribution in [0.25, 0.3) is 0 Å². The lowest BCUT2D eigenvalue weighted by Crippen LogP contribution is -2.20. The lowest BCUT2D eigenvalue weighted by molar-refractivity contribution is 0.341. The average Bonchev–Trinajstić information content (AvgIpc) is 2.34. The van der Waals surface area contributed by atoms with E-state index in [-0.39, 0.29) is 0 Å². The fourth-order valence-electron chi connectivity index (χ4n) is 1.29. The van der Waals surface area contributed by atoms with E-state index in [1.54, 1.807) is 0 Å². The van der Waals surface area contributed by atoms with E-state index in [4.69, 9.17) is 12.6 Å². The van der Waals surface area contributed by atoms with Gasteiger partial charge in [-0.2, -0.15) is 0 Å². The minimum Gasteiger partial charge on any atom is -0.303 e. The standard InChI is InChI=1S/C7H14NS/c9-7-3-6-8-4-1-2-5-8/h1-7H2. The van der Waals surface area contributed by atoms with Crippen molar-refractivity contribution in [2.45, 2.75) is 19.3 Å². The largest absolute Gasteiger partial charge is 0.303 e. The van der Waals surface area contributed by atoms with Crippen LogP contribution in [0.4, 0.5) is 0 Å². The molecule has 0 unspecified atom stereocenters. The Morgan fingerprint density at radius 1 is 1.22 bits per heavy atom. The van der Waals surface area contributed by atoms with E-state index in [1.807, 2.05) is 0 Å². The molecule has 1 radical (unpaired) electrons. The van der Waals surface area contributed by atoms with Gasteiger partial charge in [0.2, 0.25) is 0 Å². The lowest BCUT2D eigenvalue weighted by atomic mass is 10.4. The predicted octanol–water partition coefficient (Wildman–Crippen LogP) is 1.67. The fourth-order valence-corrected chi connectivity index (χ4v) is 1.42. The molecule has 2 heteroatoms. The Kier molecular flexibility index (Phi) is 3.44. The van der Waals surface area contributed by atoms with Gasteiger partial charge in [-0.3, -0.25) is 0 Å². The second-order valence-electron chi connectivity index (χ2n) is 2.61. The van der Waals surface area contributed by atoms with Crippen molar-refractivity contribution in [3.63, 3.8) is 0 Å². The molecule has 0 aromatic heterocycles. The fraction of sp³-hybridized carbons (Fsp3) is 1.00. The number of hydrogen-bond donors (Lipinski definition) is 0. The van der Waals surface area contributed by atoms with Crippen LogP contribution in [-0.2, 0) is 0 Å². The average molecular weight is 144 g/mol. The number of nitrogens with zero attached hydrogens (tertiary/aromatic N) is 1. The van der Waals surface area contributed by atoms with Gasteiger partial charge in [0, 0.05) is 5.75 Å². The van der Waals surface area contributed by atoms with Crippen LogP contribution < -0.4 is 0 Å². The van der Waals surface area contributed by atoms with Crippen LogP contribution in [0.2, 0.25) is 0 Å². The van der Waals surface area contributed by atoms with Crippen molar-refractivity contribution < 1.29 is 0 Å². The molecule has 0 amide bonds. The molecule has 0 saturated carbocycles. The van der Waals surface area contributed by atoms with Gasteiger partial charge >= 0.3 is 0 Å². The maximum absolute atomic E-state index is 4.86. The molecule has 0 aliphatic carbocycles. The van der Waals surface area contributed by atoms with Gasteiger partial charge in [0.05, 0.1) is 0 Å². The first-order valence-corrected chi connectivity index (χ1v) is 4.31. The molecule has 0 N–H and O–H groups in total. The predicted molar refractivity (Wildman–Crippen MR) is 42.7 cm³/mol. The van der Waals surface area contributed by atoms with Crippen LogP contribution in [0.5, 0.6) is 0 Å². The molecule has 1 saturated heterocycles. The third-order valence-electron chi connectivity index (χ3n) is 1.82. The Morgan fingerprint density at radius 3 is 2.44 bits per heavy atom. The first kappa shape index (κ1) is 7.42. The highest BCUT2D eigenvalue weighted by Crippen LogP contribution is 2.07. The van der Waals surface area contributed by atoms with Crippen LogP contribution in [-0.4, -0.2) is 30.3 Å². The van der Waals surface area contributed by atoms with Crippen molar-refractivity contribution >= 4 is 12.6 Å². The molecule has 1 heterocycles. The van der Waals surface area contributed by atoms with Gasteiger partial charge in [-0.15, -0.1) is 0 Å². The Hall–Kier alpha value is 0.310. The molecule has 1 fully saturated rings. The molecule has 0 aromatic rings. The summed E-state index contributed by atoms with van der Waals surface area (Å²) in [6.45, 7) is 3.87. The van der Waals surface area contributed by atoms with Crippen molar-refractivity contribution in [1.82, 2.24) is 4.90 Å². The summed E-state index contributed by atoms with van der Waals surface area (Å²) in [5.41, 5.74) is 0. The summed E-state index contributed by atoms with van der Waals surface area (Å²) in [5, 5.41) is 0. The van der Waals surface area contributed by atoms with Crippen LogP contribution in [0.15, 0.2) is 0 Å². The van der Waals surface area contributed by atoms with Crippen molar-refractivity contribution in [2.24, 2.45) is 0 Å². The molecule has 53 valence electrons. The first-order valence-electron chi connectivity index (χ1n) is 3.74. The van der Waals surface area contributed by atoms with Crippen molar-refractivity contribution in [3.8, 4) is 0 Å². The topological polar surface area (TPSA) is 3.24 Å². The molecule has 1 rings (SSSR count). The molecule has 0 aromatic carbocycles. The molecule has 1 aliphatic rings. The summed E-state index contributed by atoms with van der Waals surface area (Å²) in [4.78, 5) is 2.51. The first-order chi connectivity index (χ1) is 4.43. The lowest BCUT2D eigenvalue weighted by Gasteiger charge is -2.12. The molecule has 1 aliphatic heterocycles. The molecular formula is C7H14NS. The summed E-state index contributed by atoms with van der Waals surface area (Å²) in [5.74, 6) is 0.927. The van der Waals surface area contributed by atoms with Crippen LogP contribution in [0, 0.1) is 0 Å². The molecule has 9 heavy (non-hydrogen) atoms. The van der Waals surface area contributed by atoms with E-state index in [9.17, 15) is 0 Å². The van der Waals surface area contributed by atoms with Crippen molar-refractivity contribution in [2.75, 3.05) is 25.4 Å². The van der Waals surface area contributed by atoms with Crippen molar-refractivity contribution in [1.29, 1.82) is 0 Å². The molecule has 1 nitrogen and oxygen atoms in total. The smallest absolute Gasteiger partial charge is 0.00491 e. The van der Waals surface area contributed by atoms with Crippen molar-refractivity contribution in [3.05, 3.63) is 0 Å². The molecule has 0 spiro atoms. The van der Waals surface area contributed by atoms with E-state index in [1.165, 1.54) is 38.9 Å². The van der Waals surface area contributed by atoms with Gasteiger partial charge in [-0.1, -0.05) is 12.6 Å². The number of likely N-dealkylation sites (tertiary alicyclic amines) is 1. The Bertz CT molecular complexity index is 69.3. The summed E-state index contributed by atoms with van der Waals surface area (Å²) in [6.07, 6.45) is 4.00. The maximum Gasteiger partial charge on any atom is 0.00491 e. The second-order valence-corrected chi connectivity index (χ2v) is 3.01. The van der Waals surface area contributed by atoms with E-state index in [0.29, 0.717) is 0 Å². The van der Waals surface area contributed by atoms with Gasteiger partial charge in [-0.05, 0) is 38.9 Å². The minimum atomic E-state index is 0.927. The van der Waals surface area contributed by atoms with E-state index in [0.717, 1.165) is 5.75 Å². The zero-order valence-corrected chi connectivity index (χ0v) is 6.62. The third-order valence-corrected chi connectivity index (χ3v) is 2.11. The zero-order chi connectivity index (χ0) is 6.53. The molecule has 0 bridgehead atoms. The monoisotopic (exact) mass is 144 g/mol. The van der Waals surface area contributed by atoms with Gasteiger partial charge in [0.15, 0.2) is 0 Å². The van der Waals surface area contributed by atoms with Gasteiger partial charge in [0.1, 0.15) is 0 Å². The highest BCUT2D eigenvalue weighted by atomic mass is 32.1. The Labute approximate surface area is 62.8 Å². The van der Waals surface area contributed by atoms with E-state index >= 15 is 0 Å². The summed E-state index contributed by atoms with van der Waals surface area (Å²) in [7, 11) is 0. The number of hydrogen-bond acceptors (Lipinski definition) is 1. The van der Waals surface area contributed by atoms with Crippen LogP contribution >= 0.6 is 12.6 Å². The van der Waals surface area contributed by atoms with Crippen LogP contribution in [0.3, 0.4) is 0 Å². The maximum atomic E-state index is 4.86. The quantitative estimate of drug-likeness (QED) is 0.582. The normalized spacial score (nSPS) is 21.0. The van der Waals surface area contributed by atoms with Gasteiger partial charge in [0.25, 0.3) is 0 Å².